The van der Waals surface area contributed by atoms with Crippen LogP contribution in [0.3, 0.4) is 0 Å². The number of ether oxygens (including phenoxy) is 1. The summed E-state index contributed by atoms with van der Waals surface area (Å²) in [6.07, 6.45) is 4.78. The molecule has 3 heteroatoms. The van der Waals surface area contributed by atoms with Gasteiger partial charge in [-0.1, -0.05) is 49.7 Å². The maximum atomic E-state index is 12.8. The Kier molecular flexibility index (Phi) is 6.26. The number of unbranched alkanes of at least 4 members (excludes halogenated alkanes) is 1. The maximum Gasteiger partial charge on any atom is 0.251 e. The van der Waals surface area contributed by atoms with Gasteiger partial charge in [0.2, 0.25) is 0 Å². The highest BCUT2D eigenvalue weighted by molar-refractivity contribution is 6.07. The van der Waals surface area contributed by atoms with E-state index in [1.54, 1.807) is 7.11 Å². The molecule has 1 N–H and O–H groups in total. The van der Waals surface area contributed by atoms with E-state index in [2.05, 4.69) is 42.6 Å². The molecule has 0 saturated heterocycles. The van der Waals surface area contributed by atoms with E-state index < -0.39 is 0 Å². The summed E-state index contributed by atoms with van der Waals surface area (Å²) in [5, 5.41) is 5.38. The Morgan fingerprint density at radius 1 is 1.00 bits per heavy atom. The predicted octanol–water partition coefficient (Wildman–Crippen LogP) is 6.06. The topological polar surface area (TPSA) is 38.3 Å². The number of anilines is 1. The average Bonchev–Trinajstić information content (AvgIpc) is 2.71. The second kappa shape index (κ2) is 9.04. The summed E-state index contributed by atoms with van der Waals surface area (Å²) in [6.45, 7) is 2.13. The van der Waals surface area contributed by atoms with E-state index in [-0.39, 0.29) is 5.91 Å². The first-order valence-corrected chi connectivity index (χ1v) is 9.34. The van der Waals surface area contributed by atoms with Gasteiger partial charge in [0.1, 0.15) is 5.75 Å². The molecule has 3 rings (SSSR count). The van der Waals surface area contributed by atoms with Crippen LogP contribution < -0.4 is 10.1 Å². The van der Waals surface area contributed by atoms with Crippen LogP contribution in [-0.4, -0.2) is 13.0 Å². The highest BCUT2D eigenvalue weighted by atomic mass is 16.5. The SMILES string of the molecule is CCCC/C(=C/c1ccc2ccccc2c1)C(=O)Nc1ccc(OC)cc1. The van der Waals surface area contributed by atoms with Gasteiger partial charge in [-0.2, -0.15) is 0 Å². The van der Waals surface area contributed by atoms with E-state index in [9.17, 15) is 4.79 Å². The Morgan fingerprint density at radius 2 is 1.74 bits per heavy atom. The van der Waals surface area contributed by atoms with E-state index in [1.807, 2.05) is 42.5 Å². The smallest absolute Gasteiger partial charge is 0.251 e. The minimum Gasteiger partial charge on any atom is -0.497 e. The summed E-state index contributed by atoms with van der Waals surface area (Å²) in [5.74, 6) is 0.715. The van der Waals surface area contributed by atoms with Crippen molar-refractivity contribution < 1.29 is 9.53 Å². The molecule has 0 aliphatic heterocycles. The molecular formula is C24H25NO2. The highest BCUT2D eigenvalue weighted by Gasteiger charge is 2.10. The number of carbonyl (C=O) groups excluding carboxylic acids is 1. The Hall–Kier alpha value is -3.07. The zero-order chi connectivity index (χ0) is 19.1. The minimum atomic E-state index is -0.0539. The van der Waals surface area contributed by atoms with Crippen LogP contribution in [0.1, 0.15) is 31.7 Å². The lowest BCUT2D eigenvalue weighted by Gasteiger charge is -2.10. The first kappa shape index (κ1) is 18.7. The van der Waals surface area contributed by atoms with Crippen molar-refractivity contribution in [2.75, 3.05) is 12.4 Å². The Labute approximate surface area is 160 Å². The lowest BCUT2D eigenvalue weighted by molar-refractivity contribution is -0.112. The van der Waals surface area contributed by atoms with Crippen molar-refractivity contribution in [3.8, 4) is 5.75 Å². The molecule has 0 heterocycles. The van der Waals surface area contributed by atoms with Gasteiger partial charge >= 0.3 is 0 Å². The Bertz CT molecular complexity index is 942. The third kappa shape index (κ3) is 4.98. The molecule has 27 heavy (non-hydrogen) atoms. The molecule has 0 fully saturated rings. The summed E-state index contributed by atoms with van der Waals surface area (Å²) >= 11 is 0. The molecule has 0 aliphatic rings. The van der Waals surface area contributed by atoms with Crippen LogP contribution in [0.25, 0.3) is 16.8 Å². The molecule has 0 aliphatic carbocycles. The van der Waals surface area contributed by atoms with E-state index in [1.165, 1.54) is 10.8 Å². The van der Waals surface area contributed by atoms with Crippen molar-refractivity contribution in [2.45, 2.75) is 26.2 Å². The van der Waals surface area contributed by atoms with Gasteiger partial charge in [-0.05, 0) is 65.6 Å². The molecule has 3 aromatic rings. The van der Waals surface area contributed by atoms with Crippen molar-refractivity contribution in [1.29, 1.82) is 0 Å². The van der Waals surface area contributed by atoms with Gasteiger partial charge in [-0.15, -0.1) is 0 Å². The second-order valence-electron chi connectivity index (χ2n) is 6.56. The molecular weight excluding hydrogens is 334 g/mol. The Balaban J connectivity index is 1.84. The van der Waals surface area contributed by atoms with Gasteiger partial charge in [-0.3, -0.25) is 4.79 Å². The molecule has 1 amide bonds. The van der Waals surface area contributed by atoms with E-state index >= 15 is 0 Å². The first-order valence-electron chi connectivity index (χ1n) is 9.34. The van der Waals surface area contributed by atoms with Crippen molar-refractivity contribution in [3.63, 3.8) is 0 Å². The summed E-state index contributed by atoms with van der Waals surface area (Å²) < 4.78 is 5.16. The number of fused-ring (bicyclic) bond motifs is 1. The number of nitrogens with one attached hydrogen (secondary N) is 1. The van der Waals surface area contributed by atoms with E-state index in [4.69, 9.17) is 4.74 Å². The molecule has 0 bridgehead atoms. The van der Waals surface area contributed by atoms with Crippen molar-refractivity contribution in [2.24, 2.45) is 0 Å². The zero-order valence-corrected chi connectivity index (χ0v) is 15.9. The van der Waals surface area contributed by atoms with Gasteiger partial charge in [0, 0.05) is 11.3 Å². The third-order valence-electron chi connectivity index (χ3n) is 4.55. The van der Waals surface area contributed by atoms with Crippen molar-refractivity contribution in [3.05, 3.63) is 77.9 Å². The van der Waals surface area contributed by atoms with Crippen LogP contribution in [0.4, 0.5) is 5.69 Å². The third-order valence-corrected chi connectivity index (χ3v) is 4.55. The summed E-state index contributed by atoms with van der Waals surface area (Å²) in [4.78, 5) is 12.8. The molecule has 138 valence electrons. The summed E-state index contributed by atoms with van der Waals surface area (Å²) in [5.41, 5.74) is 2.61. The van der Waals surface area contributed by atoms with Crippen LogP contribution in [-0.2, 0) is 4.79 Å². The minimum absolute atomic E-state index is 0.0539. The summed E-state index contributed by atoms with van der Waals surface area (Å²) in [7, 11) is 1.63. The molecule has 0 spiro atoms. The number of hydrogen-bond donors (Lipinski definition) is 1. The van der Waals surface area contributed by atoms with E-state index in [0.29, 0.717) is 0 Å². The molecule has 0 radical (unpaired) electrons. The van der Waals surface area contributed by atoms with Crippen LogP contribution in [0.5, 0.6) is 5.75 Å². The molecule has 3 nitrogen and oxygen atoms in total. The number of benzene rings is 3. The van der Waals surface area contributed by atoms with Gasteiger partial charge in [0.15, 0.2) is 0 Å². The molecule has 0 aromatic heterocycles. The summed E-state index contributed by atoms with van der Waals surface area (Å²) in [6, 6.07) is 21.9. The van der Waals surface area contributed by atoms with Crippen LogP contribution in [0, 0.1) is 0 Å². The van der Waals surface area contributed by atoms with Crippen LogP contribution >= 0.6 is 0 Å². The molecule has 3 aromatic carbocycles. The first-order chi connectivity index (χ1) is 13.2. The number of rotatable bonds is 7. The average molecular weight is 359 g/mol. The Morgan fingerprint density at radius 3 is 2.44 bits per heavy atom. The lowest BCUT2D eigenvalue weighted by atomic mass is 10.0. The fourth-order valence-electron chi connectivity index (χ4n) is 3.00. The van der Waals surface area contributed by atoms with E-state index in [0.717, 1.165) is 41.8 Å². The highest BCUT2D eigenvalue weighted by Crippen LogP contribution is 2.21. The van der Waals surface area contributed by atoms with Crippen molar-refractivity contribution in [1.82, 2.24) is 0 Å². The normalized spacial score (nSPS) is 11.4. The van der Waals surface area contributed by atoms with Gasteiger partial charge in [-0.25, -0.2) is 0 Å². The van der Waals surface area contributed by atoms with Crippen molar-refractivity contribution >= 4 is 28.4 Å². The molecule has 0 unspecified atom stereocenters. The predicted molar refractivity (Wildman–Crippen MR) is 113 cm³/mol. The second-order valence-corrected chi connectivity index (χ2v) is 6.56. The maximum absolute atomic E-state index is 12.8. The van der Waals surface area contributed by atoms with Gasteiger partial charge in [0.25, 0.3) is 5.91 Å². The monoisotopic (exact) mass is 359 g/mol. The quantitative estimate of drug-likeness (QED) is 0.521. The number of amides is 1. The van der Waals surface area contributed by atoms with Gasteiger partial charge < -0.3 is 10.1 Å². The fourth-order valence-corrected chi connectivity index (χ4v) is 3.00. The molecule has 0 atom stereocenters. The van der Waals surface area contributed by atoms with Crippen LogP contribution in [0.2, 0.25) is 0 Å². The zero-order valence-electron chi connectivity index (χ0n) is 15.9. The number of carbonyl (C=O) groups is 1. The number of methoxy groups -OCH3 is 1. The lowest BCUT2D eigenvalue weighted by Crippen LogP contribution is -2.14. The number of hydrogen-bond acceptors (Lipinski definition) is 2. The standard InChI is InChI=1S/C24H25NO2/c1-3-4-7-21(24(26)25-22-12-14-23(27-2)15-13-22)17-18-10-11-19-8-5-6-9-20(19)16-18/h5-6,8-17H,3-4,7H2,1-2H3,(H,25,26)/b21-17-. The fraction of sp³-hybridized carbons (Fsp3) is 0.208. The molecule has 0 saturated carbocycles. The largest absolute Gasteiger partial charge is 0.497 e. The van der Waals surface area contributed by atoms with Gasteiger partial charge in [0.05, 0.1) is 7.11 Å². The van der Waals surface area contributed by atoms with Crippen LogP contribution in [0.15, 0.2) is 72.3 Å².